The summed E-state index contributed by atoms with van der Waals surface area (Å²) in [6.07, 6.45) is 0.768. The average Bonchev–Trinajstić information content (AvgIpc) is 3.15. The molecule has 0 saturated carbocycles. The topological polar surface area (TPSA) is 112 Å². The zero-order chi connectivity index (χ0) is 24.3. The maximum atomic E-state index is 13.2. The molecule has 190 valence electrons. The number of nitrogens with zero attached hydrogens (tertiary/aromatic N) is 6. The fraction of sp³-hybridized carbons (Fsp3) is 0.565. The van der Waals surface area contributed by atoms with Gasteiger partial charge in [-0.2, -0.15) is 4.31 Å². The number of fused-ring (bicyclic) bond motifs is 1. The lowest BCUT2D eigenvalue weighted by molar-refractivity contribution is 0.188. The molecule has 4 heterocycles. The number of hydrogen-bond donors (Lipinski definition) is 1. The first kappa shape index (κ1) is 24.0. The van der Waals surface area contributed by atoms with Crippen molar-refractivity contribution < 1.29 is 23.0 Å². The Labute approximate surface area is 205 Å². The lowest BCUT2D eigenvalue weighted by Gasteiger charge is -2.36. The number of aromatic nitrogens is 2. The van der Waals surface area contributed by atoms with E-state index in [-0.39, 0.29) is 11.5 Å². The standard InChI is InChI=1S/C23H32N6O5S/c30-15-14-26-6-8-27(9-7-26)22-4-5-23(25-24-22)28-10-12-29(13-11-28)35(31,32)19-2-3-20-21(18-19)34-17-1-16-33-20/h2-5,18,30H,1,6-17H2. The van der Waals surface area contributed by atoms with Gasteiger partial charge in [0.15, 0.2) is 23.1 Å². The van der Waals surface area contributed by atoms with Gasteiger partial charge in [-0.25, -0.2) is 8.42 Å². The highest BCUT2D eigenvalue weighted by Crippen LogP contribution is 2.33. The zero-order valence-corrected chi connectivity index (χ0v) is 20.6. The first-order chi connectivity index (χ1) is 17.0. The van der Waals surface area contributed by atoms with Gasteiger partial charge in [0.25, 0.3) is 0 Å². The monoisotopic (exact) mass is 504 g/mol. The quantitative estimate of drug-likeness (QED) is 0.588. The lowest BCUT2D eigenvalue weighted by Crippen LogP contribution is -2.49. The van der Waals surface area contributed by atoms with Crippen LogP contribution < -0.4 is 19.3 Å². The van der Waals surface area contributed by atoms with Crippen LogP contribution in [0.15, 0.2) is 35.2 Å². The van der Waals surface area contributed by atoms with Crippen LogP contribution in [-0.2, 0) is 10.0 Å². The van der Waals surface area contributed by atoms with Gasteiger partial charge >= 0.3 is 0 Å². The summed E-state index contributed by atoms with van der Waals surface area (Å²) in [6.45, 7) is 7.26. The molecule has 0 aliphatic carbocycles. The SMILES string of the molecule is O=S(=O)(c1ccc2c(c1)OCCCO2)N1CCN(c2ccc(N3CCN(CCO)CC3)nn2)CC1. The summed E-state index contributed by atoms with van der Waals surface area (Å²) in [5.74, 6) is 2.65. The largest absolute Gasteiger partial charge is 0.490 e. The second-order valence-corrected chi connectivity index (χ2v) is 10.8. The molecule has 3 aliphatic heterocycles. The van der Waals surface area contributed by atoms with Crippen molar-refractivity contribution in [2.45, 2.75) is 11.3 Å². The Morgan fingerprint density at radius 2 is 1.40 bits per heavy atom. The van der Waals surface area contributed by atoms with E-state index in [1.54, 1.807) is 18.2 Å². The van der Waals surface area contributed by atoms with Gasteiger partial charge in [-0.15, -0.1) is 10.2 Å². The summed E-state index contributed by atoms with van der Waals surface area (Å²) in [4.78, 5) is 6.72. The molecule has 1 N–H and O–H groups in total. The number of sulfonamides is 1. The summed E-state index contributed by atoms with van der Waals surface area (Å²) in [5, 5.41) is 17.9. The molecule has 2 aromatic rings. The fourth-order valence-corrected chi connectivity index (χ4v) is 6.05. The molecule has 0 unspecified atom stereocenters. The molecule has 12 heteroatoms. The van der Waals surface area contributed by atoms with E-state index in [0.29, 0.717) is 57.4 Å². The van der Waals surface area contributed by atoms with Crippen LogP contribution in [0.4, 0.5) is 11.6 Å². The van der Waals surface area contributed by atoms with Crippen molar-refractivity contribution in [1.29, 1.82) is 0 Å². The van der Waals surface area contributed by atoms with Crippen molar-refractivity contribution in [1.82, 2.24) is 19.4 Å². The van der Waals surface area contributed by atoms with Crippen LogP contribution in [0, 0.1) is 0 Å². The van der Waals surface area contributed by atoms with E-state index in [2.05, 4.69) is 24.9 Å². The molecule has 2 saturated heterocycles. The van der Waals surface area contributed by atoms with E-state index < -0.39 is 10.0 Å². The average molecular weight is 505 g/mol. The highest BCUT2D eigenvalue weighted by molar-refractivity contribution is 7.89. The van der Waals surface area contributed by atoms with E-state index in [1.807, 2.05) is 12.1 Å². The van der Waals surface area contributed by atoms with E-state index in [9.17, 15) is 8.42 Å². The minimum atomic E-state index is -3.63. The predicted molar refractivity (Wildman–Crippen MR) is 131 cm³/mol. The van der Waals surface area contributed by atoms with Crippen molar-refractivity contribution in [2.24, 2.45) is 0 Å². The molecule has 0 amide bonds. The van der Waals surface area contributed by atoms with Gasteiger partial charge in [0, 0.05) is 71.4 Å². The van der Waals surface area contributed by atoms with Gasteiger partial charge in [-0.1, -0.05) is 0 Å². The molecule has 3 aliphatic rings. The van der Waals surface area contributed by atoms with Gasteiger partial charge < -0.3 is 24.4 Å². The van der Waals surface area contributed by atoms with E-state index >= 15 is 0 Å². The molecule has 0 radical (unpaired) electrons. The molecule has 2 fully saturated rings. The van der Waals surface area contributed by atoms with Gasteiger partial charge in [0.2, 0.25) is 10.0 Å². The van der Waals surface area contributed by atoms with Crippen LogP contribution in [0.25, 0.3) is 0 Å². The van der Waals surface area contributed by atoms with E-state index in [0.717, 1.165) is 44.2 Å². The Morgan fingerprint density at radius 1 is 0.800 bits per heavy atom. The lowest BCUT2D eigenvalue weighted by atomic mass is 10.3. The minimum absolute atomic E-state index is 0.180. The first-order valence-corrected chi connectivity index (χ1v) is 13.6. The molecular formula is C23H32N6O5S. The number of benzene rings is 1. The molecule has 1 aromatic carbocycles. The summed E-state index contributed by atoms with van der Waals surface area (Å²) in [7, 11) is -3.63. The highest BCUT2D eigenvalue weighted by Gasteiger charge is 2.30. The normalized spacial score (nSPS) is 20.0. The minimum Gasteiger partial charge on any atom is -0.490 e. The number of β-amino-alcohol motifs (C(OH)–C–C–N with tert-alkyl or cyclic N) is 1. The van der Waals surface area contributed by atoms with Gasteiger partial charge in [-0.3, -0.25) is 4.90 Å². The van der Waals surface area contributed by atoms with Gasteiger partial charge in [0.05, 0.1) is 24.7 Å². The van der Waals surface area contributed by atoms with Gasteiger partial charge in [-0.05, 0) is 24.3 Å². The third-order valence-electron chi connectivity index (χ3n) is 6.67. The van der Waals surface area contributed by atoms with Crippen LogP contribution >= 0.6 is 0 Å². The van der Waals surface area contributed by atoms with Crippen molar-refractivity contribution in [3.63, 3.8) is 0 Å². The third-order valence-corrected chi connectivity index (χ3v) is 8.56. The number of aliphatic hydroxyl groups excluding tert-OH is 1. The molecule has 11 nitrogen and oxygen atoms in total. The van der Waals surface area contributed by atoms with Crippen molar-refractivity contribution in [3.8, 4) is 11.5 Å². The number of ether oxygens (including phenoxy) is 2. The van der Waals surface area contributed by atoms with Crippen LogP contribution in [0.3, 0.4) is 0 Å². The van der Waals surface area contributed by atoms with Crippen LogP contribution in [-0.4, -0.2) is 112 Å². The maximum Gasteiger partial charge on any atom is 0.243 e. The number of aliphatic hydroxyl groups is 1. The molecule has 0 spiro atoms. The number of hydrogen-bond acceptors (Lipinski definition) is 10. The second kappa shape index (κ2) is 10.5. The van der Waals surface area contributed by atoms with Gasteiger partial charge in [0.1, 0.15) is 0 Å². The first-order valence-electron chi connectivity index (χ1n) is 12.1. The summed E-state index contributed by atoms with van der Waals surface area (Å²) in [5.41, 5.74) is 0. The Morgan fingerprint density at radius 3 is 2.00 bits per heavy atom. The Balaban J connectivity index is 1.18. The number of anilines is 2. The van der Waals surface area contributed by atoms with Crippen LogP contribution in [0.1, 0.15) is 6.42 Å². The molecule has 0 atom stereocenters. The van der Waals surface area contributed by atoms with E-state index in [4.69, 9.17) is 14.6 Å². The molecule has 0 bridgehead atoms. The number of piperazine rings is 2. The Bertz CT molecular complexity index is 1100. The summed E-state index contributed by atoms with van der Waals surface area (Å²) in [6, 6.07) is 8.76. The van der Waals surface area contributed by atoms with E-state index in [1.165, 1.54) is 4.31 Å². The molecule has 5 rings (SSSR count). The van der Waals surface area contributed by atoms with Crippen LogP contribution in [0.5, 0.6) is 11.5 Å². The number of rotatable bonds is 6. The zero-order valence-electron chi connectivity index (χ0n) is 19.8. The third kappa shape index (κ3) is 5.30. The van der Waals surface area contributed by atoms with Crippen LogP contribution in [0.2, 0.25) is 0 Å². The second-order valence-electron chi connectivity index (χ2n) is 8.85. The summed E-state index contributed by atoms with van der Waals surface area (Å²) >= 11 is 0. The predicted octanol–water partition coefficient (Wildman–Crippen LogP) is 0.263. The molecule has 35 heavy (non-hydrogen) atoms. The maximum absolute atomic E-state index is 13.2. The highest BCUT2D eigenvalue weighted by atomic mass is 32.2. The Hall–Kier alpha value is -2.67. The smallest absolute Gasteiger partial charge is 0.243 e. The van der Waals surface area contributed by atoms with Crippen molar-refractivity contribution in [2.75, 3.05) is 88.5 Å². The molecular weight excluding hydrogens is 472 g/mol. The fourth-order valence-electron chi connectivity index (χ4n) is 4.61. The molecule has 1 aromatic heterocycles. The van der Waals surface area contributed by atoms with Crippen molar-refractivity contribution in [3.05, 3.63) is 30.3 Å². The Kier molecular flexibility index (Phi) is 7.23. The summed E-state index contributed by atoms with van der Waals surface area (Å²) < 4.78 is 39.3. The van der Waals surface area contributed by atoms with Crippen molar-refractivity contribution >= 4 is 21.7 Å².